The SMILES string of the molecule is O=C(NC1CCC(N2CCOc3nc([N+](=O)[O-])cn3CC2)CC1)c1ccc(OC(F)(F)F)cc1. The third-order valence-electron chi connectivity index (χ3n) is 6.05. The van der Waals surface area contributed by atoms with E-state index in [4.69, 9.17) is 4.74 Å². The molecule has 13 heteroatoms. The molecule has 0 saturated heterocycles. The Morgan fingerprint density at radius 1 is 1.15 bits per heavy atom. The Kier molecular flexibility index (Phi) is 6.91. The fourth-order valence-corrected chi connectivity index (χ4v) is 4.38. The Balaban J connectivity index is 1.26. The topological polar surface area (TPSA) is 112 Å². The number of nitrogens with one attached hydrogen (secondary N) is 1. The lowest BCUT2D eigenvalue weighted by molar-refractivity contribution is -0.389. The highest BCUT2D eigenvalue weighted by Crippen LogP contribution is 2.26. The first-order chi connectivity index (χ1) is 16.2. The van der Waals surface area contributed by atoms with Gasteiger partial charge in [-0.25, -0.2) is 0 Å². The fourth-order valence-electron chi connectivity index (χ4n) is 4.38. The number of carbonyl (C=O) groups excluding carboxylic acids is 1. The van der Waals surface area contributed by atoms with Crippen LogP contribution in [0.15, 0.2) is 30.5 Å². The molecule has 1 fully saturated rings. The third kappa shape index (κ3) is 5.95. The van der Waals surface area contributed by atoms with E-state index in [0.29, 0.717) is 32.3 Å². The minimum Gasteiger partial charge on any atom is -0.444 e. The van der Waals surface area contributed by atoms with Gasteiger partial charge in [-0.3, -0.25) is 14.3 Å². The van der Waals surface area contributed by atoms with E-state index < -0.39 is 11.3 Å². The number of rotatable bonds is 5. The monoisotopic (exact) mass is 483 g/mol. The average Bonchev–Trinajstić information content (AvgIpc) is 3.16. The second-order valence-corrected chi connectivity index (χ2v) is 8.27. The van der Waals surface area contributed by atoms with Crippen LogP contribution in [-0.4, -0.2) is 63.4 Å². The van der Waals surface area contributed by atoms with E-state index >= 15 is 0 Å². The molecule has 1 aliphatic carbocycles. The normalized spacial score (nSPS) is 21.5. The zero-order valence-electron chi connectivity index (χ0n) is 18.2. The molecule has 1 aromatic heterocycles. The summed E-state index contributed by atoms with van der Waals surface area (Å²) in [6, 6.07) is 5.37. The summed E-state index contributed by atoms with van der Waals surface area (Å²) in [4.78, 5) is 29.1. The van der Waals surface area contributed by atoms with Gasteiger partial charge >= 0.3 is 18.2 Å². The van der Waals surface area contributed by atoms with Gasteiger partial charge in [0.2, 0.25) is 0 Å². The summed E-state index contributed by atoms with van der Waals surface area (Å²) >= 11 is 0. The lowest BCUT2D eigenvalue weighted by Crippen LogP contribution is -2.46. The van der Waals surface area contributed by atoms with E-state index in [1.54, 1.807) is 4.57 Å². The van der Waals surface area contributed by atoms with E-state index in [2.05, 4.69) is 19.9 Å². The molecule has 2 aromatic rings. The van der Waals surface area contributed by atoms with Gasteiger partial charge in [-0.15, -0.1) is 13.2 Å². The Hall–Kier alpha value is -3.35. The molecule has 10 nitrogen and oxygen atoms in total. The molecule has 1 aliphatic heterocycles. The van der Waals surface area contributed by atoms with Crippen molar-refractivity contribution < 1.29 is 32.4 Å². The van der Waals surface area contributed by atoms with Crippen LogP contribution in [0.25, 0.3) is 0 Å². The molecule has 4 rings (SSSR count). The van der Waals surface area contributed by atoms with E-state index in [9.17, 15) is 28.1 Å². The Labute approximate surface area is 192 Å². The van der Waals surface area contributed by atoms with Gasteiger partial charge in [0.1, 0.15) is 18.6 Å². The van der Waals surface area contributed by atoms with Gasteiger partial charge < -0.3 is 24.9 Å². The van der Waals surface area contributed by atoms with Gasteiger partial charge in [-0.2, -0.15) is 0 Å². The van der Waals surface area contributed by atoms with E-state index in [1.807, 2.05) is 0 Å². The zero-order chi connectivity index (χ0) is 24.3. The van der Waals surface area contributed by atoms with Crippen molar-refractivity contribution in [2.75, 3.05) is 19.7 Å². The number of benzene rings is 1. The number of hydrogen-bond donors (Lipinski definition) is 1. The van der Waals surface area contributed by atoms with E-state index in [-0.39, 0.29) is 35.1 Å². The number of ether oxygens (including phenoxy) is 2. The van der Waals surface area contributed by atoms with Crippen molar-refractivity contribution in [3.63, 3.8) is 0 Å². The van der Waals surface area contributed by atoms with Gasteiger partial charge in [-0.05, 0) is 54.9 Å². The summed E-state index contributed by atoms with van der Waals surface area (Å²) in [6.07, 6.45) is -0.136. The summed E-state index contributed by atoms with van der Waals surface area (Å²) in [5.74, 6) is -0.947. The van der Waals surface area contributed by atoms with Crippen LogP contribution in [-0.2, 0) is 6.54 Å². The van der Waals surface area contributed by atoms with Crippen LogP contribution in [0.1, 0.15) is 36.0 Å². The highest BCUT2D eigenvalue weighted by Gasteiger charge is 2.32. The van der Waals surface area contributed by atoms with Crippen molar-refractivity contribution in [2.45, 2.75) is 50.7 Å². The Morgan fingerprint density at radius 3 is 2.50 bits per heavy atom. The molecule has 34 heavy (non-hydrogen) atoms. The van der Waals surface area contributed by atoms with Crippen molar-refractivity contribution in [3.05, 3.63) is 46.1 Å². The Bertz CT molecular complexity index is 1020. The number of nitrogens with zero attached hydrogens (tertiary/aromatic N) is 4. The van der Waals surface area contributed by atoms with Crippen molar-refractivity contribution in [2.24, 2.45) is 0 Å². The summed E-state index contributed by atoms with van der Waals surface area (Å²) in [5, 5.41) is 13.9. The molecular weight excluding hydrogens is 459 g/mol. The van der Waals surface area contributed by atoms with Crippen molar-refractivity contribution >= 4 is 11.7 Å². The lowest BCUT2D eigenvalue weighted by atomic mass is 9.90. The maximum Gasteiger partial charge on any atom is 0.573 e. The number of hydrogen-bond acceptors (Lipinski definition) is 7. The predicted octanol–water partition coefficient (Wildman–Crippen LogP) is 3.13. The molecule has 1 amide bonds. The van der Waals surface area contributed by atoms with Crippen LogP contribution < -0.4 is 14.8 Å². The smallest absolute Gasteiger partial charge is 0.444 e. The average molecular weight is 483 g/mol. The second kappa shape index (κ2) is 9.87. The van der Waals surface area contributed by atoms with Gasteiger partial charge in [-0.1, -0.05) is 0 Å². The van der Waals surface area contributed by atoms with Gasteiger partial charge in [0.05, 0.1) is 0 Å². The van der Waals surface area contributed by atoms with Crippen molar-refractivity contribution in [3.8, 4) is 11.8 Å². The summed E-state index contributed by atoms with van der Waals surface area (Å²) < 4.78 is 47.9. The summed E-state index contributed by atoms with van der Waals surface area (Å²) in [5.41, 5.74) is 0.266. The number of aromatic nitrogens is 2. The zero-order valence-corrected chi connectivity index (χ0v) is 18.2. The maximum absolute atomic E-state index is 12.5. The van der Waals surface area contributed by atoms with Crippen LogP contribution in [0.4, 0.5) is 19.0 Å². The molecule has 1 aromatic carbocycles. The standard InChI is InChI=1S/C21H24F3N5O5/c22-21(23,24)34-17-7-1-14(2-8-17)19(30)25-15-3-5-16(6-4-15)27-9-10-28-13-18(29(31)32)26-20(28)33-12-11-27/h1-2,7-8,13,15-16H,3-6,9-12H2,(H,25,30). The first-order valence-corrected chi connectivity index (χ1v) is 10.9. The first kappa shape index (κ1) is 23.8. The van der Waals surface area contributed by atoms with Gasteiger partial charge in [0.25, 0.3) is 5.91 Å². The molecule has 184 valence electrons. The van der Waals surface area contributed by atoms with E-state index in [0.717, 1.165) is 37.8 Å². The number of alkyl halides is 3. The van der Waals surface area contributed by atoms with Crippen LogP contribution in [0.5, 0.6) is 11.8 Å². The van der Waals surface area contributed by atoms with Crippen molar-refractivity contribution in [1.82, 2.24) is 19.8 Å². The number of amides is 1. The fraction of sp³-hybridized carbons (Fsp3) is 0.524. The number of carbonyl (C=O) groups is 1. The molecule has 2 heterocycles. The molecule has 1 N–H and O–H groups in total. The second-order valence-electron chi connectivity index (χ2n) is 8.27. The molecule has 0 spiro atoms. The highest BCUT2D eigenvalue weighted by molar-refractivity contribution is 5.94. The minimum atomic E-state index is -4.78. The number of imidazole rings is 1. The minimum absolute atomic E-state index is 0.0243. The number of nitro groups is 1. The Morgan fingerprint density at radius 2 is 1.85 bits per heavy atom. The first-order valence-electron chi connectivity index (χ1n) is 10.9. The molecule has 0 atom stereocenters. The van der Waals surface area contributed by atoms with Crippen LogP contribution in [0.2, 0.25) is 0 Å². The quantitative estimate of drug-likeness (QED) is 0.514. The van der Waals surface area contributed by atoms with E-state index in [1.165, 1.54) is 18.3 Å². The van der Waals surface area contributed by atoms with Gasteiger partial charge in [0.15, 0.2) is 0 Å². The highest BCUT2D eigenvalue weighted by atomic mass is 19.4. The van der Waals surface area contributed by atoms with Crippen LogP contribution in [0, 0.1) is 10.1 Å². The van der Waals surface area contributed by atoms with Crippen molar-refractivity contribution in [1.29, 1.82) is 0 Å². The third-order valence-corrected chi connectivity index (χ3v) is 6.05. The molecule has 0 bridgehead atoms. The molecule has 0 unspecified atom stereocenters. The lowest BCUT2D eigenvalue weighted by Gasteiger charge is -2.37. The number of halogens is 3. The molecule has 1 saturated carbocycles. The molecule has 2 aliphatic rings. The van der Waals surface area contributed by atoms with Crippen LogP contribution in [0.3, 0.4) is 0 Å². The molecular formula is C21H24F3N5O5. The number of fused-ring (bicyclic) bond motifs is 1. The maximum atomic E-state index is 12.5. The van der Waals surface area contributed by atoms with Gasteiger partial charge in [0, 0.05) is 42.3 Å². The predicted molar refractivity (Wildman–Crippen MR) is 113 cm³/mol. The largest absolute Gasteiger partial charge is 0.573 e. The summed E-state index contributed by atoms with van der Waals surface area (Å²) in [7, 11) is 0. The summed E-state index contributed by atoms with van der Waals surface area (Å²) in [6.45, 7) is 2.28. The van der Waals surface area contributed by atoms with Crippen LogP contribution >= 0.6 is 0 Å². The molecule has 0 radical (unpaired) electrons.